The standard InChI is InChI=1S/C11H20BrN3/c1-4-9-11(12)10(7-6-8-13-3)15(5-2)14-9/h13H,4-8H2,1-3H3. The number of halogens is 1. The molecule has 1 aromatic rings. The molecule has 0 radical (unpaired) electrons. The average molecular weight is 274 g/mol. The van der Waals surface area contributed by atoms with E-state index in [1.807, 2.05) is 7.05 Å². The third-order valence-corrected chi connectivity index (χ3v) is 3.45. The number of nitrogens with zero attached hydrogens (tertiary/aromatic N) is 2. The Morgan fingerprint density at radius 3 is 2.67 bits per heavy atom. The van der Waals surface area contributed by atoms with Crippen LogP contribution in [0, 0.1) is 0 Å². The van der Waals surface area contributed by atoms with E-state index in [1.165, 1.54) is 15.9 Å². The molecule has 0 aliphatic rings. The summed E-state index contributed by atoms with van der Waals surface area (Å²) in [5.41, 5.74) is 2.51. The molecule has 1 rings (SSSR count). The van der Waals surface area contributed by atoms with Gasteiger partial charge < -0.3 is 5.32 Å². The van der Waals surface area contributed by atoms with Gasteiger partial charge in [0.2, 0.25) is 0 Å². The normalized spacial score (nSPS) is 10.9. The van der Waals surface area contributed by atoms with Crippen LogP contribution in [-0.4, -0.2) is 23.4 Å². The molecular formula is C11H20BrN3. The van der Waals surface area contributed by atoms with Gasteiger partial charge in [-0.05, 0) is 55.7 Å². The first-order chi connectivity index (χ1) is 7.24. The first-order valence-electron chi connectivity index (χ1n) is 5.63. The van der Waals surface area contributed by atoms with Crippen LogP contribution in [0.25, 0.3) is 0 Å². The van der Waals surface area contributed by atoms with Crippen LogP contribution in [-0.2, 0) is 19.4 Å². The second kappa shape index (κ2) is 6.28. The molecule has 0 amide bonds. The average Bonchev–Trinajstić information content (AvgIpc) is 2.56. The summed E-state index contributed by atoms with van der Waals surface area (Å²) in [5, 5.41) is 7.75. The van der Waals surface area contributed by atoms with Crippen LogP contribution in [0.5, 0.6) is 0 Å². The Morgan fingerprint density at radius 1 is 1.40 bits per heavy atom. The Hall–Kier alpha value is -0.350. The van der Waals surface area contributed by atoms with Crippen molar-refractivity contribution in [2.24, 2.45) is 0 Å². The van der Waals surface area contributed by atoms with Gasteiger partial charge in [-0.2, -0.15) is 5.10 Å². The monoisotopic (exact) mass is 273 g/mol. The number of hydrogen-bond donors (Lipinski definition) is 1. The molecule has 0 saturated carbocycles. The van der Waals surface area contributed by atoms with Gasteiger partial charge in [-0.1, -0.05) is 6.92 Å². The van der Waals surface area contributed by atoms with E-state index < -0.39 is 0 Å². The molecule has 1 heterocycles. The maximum absolute atomic E-state index is 4.57. The second-order valence-electron chi connectivity index (χ2n) is 3.58. The summed E-state index contributed by atoms with van der Waals surface area (Å²) in [6.45, 7) is 6.29. The van der Waals surface area contributed by atoms with Crippen LogP contribution in [0.1, 0.15) is 31.7 Å². The van der Waals surface area contributed by atoms with E-state index in [2.05, 4.69) is 44.9 Å². The minimum absolute atomic E-state index is 0.952. The molecular weight excluding hydrogens is 254 g/mol. The van der Waals surface area contributed by atoms with Gasteiger partial charge in [0, 0.05) is 6.54 Å². The number of hydrogen-bond acceptors (Lipinski definition) is 2. The highest BCUT2D eigenvalue weighted by Crippen LogP contribution is 2.23. The summed E-state index contributed by atoms with van der Waals surface area (Å²) in [6, 6.07) is 0. The zero-order chi connectivity index (χ0) is 11.3. The molecule has 0 aromatic carbocycles. The zero-order valence-corrected chi connectivity index (χ0v) is 11.4. The quantitative estimate of drug-likeness (QED) is 0.807. The third kappa shape index (κ3) is 3.05. The van der Waals surface area contributed by atoms with Gasteiger partial charge in [0.1, 0.15) is 0 Å². The Balaban J connectivity index is 2.78. The molecule has 86 valence electrons. The molecule has 1 aromatic heterocycles. The molecule has 3 nitrogen and oxygen atoms in total. The van der Waals surface area contributed by atoms with Crippen molar-refractivity contribution in [1.29, 1.82) is 0 Å². The lowest BCUT2D eigenvalue weighted by molar-refractivity contribution is 0.596. The summed E-state index contributed by atoms with van der Waals surface area (Å²) < 4.78 is 3.32. The van der Waals surface area contributed by atoms with Crippen molar-refractivity contribution in [3.63, 3.8) is 0 Å². The molecule has 0 bridgehead atoms. The van der Waals surface area contributed by atoms with Gasteiger partial charge in [-0.3, -0.25) is 4.68 Å². The Morgan fingerprint density at radius 2 is 2.13 bits per heavy atom. The summed E-state index contributed by atoms with van der Waals surface area (Å²) in [4.78, 5) is 0. The van der Waals surface area contributed by atoms with E-state index in [-0.39, 0.29) is 0 Å². The van der Waals surface area contributed by atoms with E-state index in [9.17, 15) is 0 Å². The third-order valence-electron chi connectivity index (χ3n) is 2.53. The van der Waals surface area contributed by atoms with Crippen LogP contribution >= 0.6 is 15.9 Å². The fourth-order valence-corrected chi connectivity index (χ4v) is 2.45. The first kappa shape index (κ1) is 12.7. The Bertz CT molecular complexity index is 307. The highest BCUT2D eigenvalue weighted by Gasteiger charge is 2.12. The fourth-order valence-electron chi connectivity index (χ4n) is 1.69. The van der Waals surface area contributed by atoms with Gasteiger partial charge in [0.05, 0.1) is 15.9 Å². The van der Waals surface area contributed by atoms with Gasteiger partial charge in [0.15, 0.2) is 0 Å². The Kier molecular flexibility index (Phi) is 5.32. The molecule has 0 aliphatic heterocycles. The van der Waals surface area contributed by atoms with Crippen LogP contribution in [0.15, 0.2) is 4.47 Å². The summed E-state index contributed by atoms with van der Waals surface area (Å²) >= 11 is 3.65. The summed E-state index contributed by atoms with van der Waals surface area (Å²) in [7, 11) is 1.99. The van der Waals surface area contributed by atoms with E-state index in [0.29, 0.717) is 0 Å². The zero-order valence-electron chi connectivity index (χ0n) is 9.81. The molecule has 4 heteroatoms. The number of rotatable bonds is 6. The van der Waals surface area contributed by atoms with Crippen molar-refractivity contribution < 1.29 is 0 Å². The van der Waals surface area contributed by atoms with Gasteiger partial charge in [-0.15, -0.1) is 0 Å². The molecule has 0 aliphatic carbocycles. The molecule has 1 N–H and O–H groups in total. The van der Waals surface area contributed by atoms with Crippen LogP contribution in [0.3, 0.4) is 0 Å². The lowest BCUT2D eigenvalue weighted by atomic mass is 10.2. The lowest BCUT2D eigenvalue weighted by Gasteiger charge is -2.04. The number of aryl methyl sites for hydroxylation is 2. The lowest BCUT2D eigenvalue weighted by Crippen LogP contribution is -2.10. The van der Waals surface area contributed by atoms with E-state index in [1.54, 1.807) is 0 Å². The minimum Gasteiger partial charge on any atom is -0.320 e. The predicted octanol–water partition coefficient (Wildman–Crippen LogP) is 2.38. The SMILES string of the molecule is CCc1nn(CC)c(CCCNC)c1Br. The van der Waals surface area contributed by atoms with Gasteiger partial charge in [0.25, 0.3) is 0 Å². The molecule has 15 heavy (non-hydrogen) atoms. The number of aromatic nitrogens is 2. The minimum atomic E-state index is 0.952. The molecule has 0 atom stereocenters. The van der Waals surface area contributed by atoms with Crippen LogP contribution in [0.4, 0.5) is 0 Å². The van der Waals surface area contributed by atoms with Gasteiger partial charge >= 0.3 is 0 Å². The van der Waals surface area contributed by atoms with Crippen molar-refractivity contribution >= 4 is 15.9 Å². The van der Waals surface area contributed by atoms with E-state index in [4.69, 9.17) is 0 Å². The van der Waals surface area contributed by atoms with Crippen LogP contribution < -0.4 is 5.32 Å². The Labute approximate surface area is 100 Å². The van der Waals surface area contributed by atoms with Crippen molar-refractivity contribution in [3.05, 3.63) is 15.9 Å². The smallest absolute Gasteiger partial charge is 0.0766 e. The topological polar surface area (TPSA) is 29.9 Å². The van der Waals surface area contributed by atoms with Crippen LogP contribution in [0.2, 0.25) is 0 Å². The highest BCUT2D eigenvalue weighted by atomic mass is 79.9. The summed E-state index contributed by atoms with van der Waals surface area (Å²) in [6.07, 6.45) is 3.23. The maximum Gasteiger partial charge on any atom is 0.0766 e. The largest absolute Gasteiger partial charge is 0.320 e. The van der Waals surface area contributed by atoms with Gasteiger partial charge in [-0.25, -0.2) is 0 Å². The number of nitrogens with one attached hydrogen (secondary N) is 1. The van der Waals surface area contributed by atoms with E-state index in [0.717, 1.165) is 32.4 Å². The molecule has 0 unspecified atom stereocenters. The molecule has 0 saturated heterocycles. The molecule has 0 spiro atoms. The maximum atomic E-state index is 4.57. The van der Waals surface area contributed by atoms with Crippen molar-refractivity contribution in [1.82, 2.24) is 15.1 Å². The predicted molar refractivity (Wildman–Crippen MR) is 67.2 cm³/mol. The second-order valence-corrected chi connectivity index (χ2v) is 4.38. The summed E-state index contributed by atoms with van der Waals surface area (Å²) in [5.74, 6) is 0. The van der Waals surface area contributed by atoms with Crippen molar-refractivity contribution in [2.75, 3.05) is 13.6 Å². The molecule has 0 fully saturated rings. The fraction of sp³-hybridized carbons (Fsp3) is 0.727. The highest BCUT2D eigenvalue weighted by molar-refractivity contribution is 9.10. The first-order valence-corrected chi connectivity index (χ1v) is 6.42. The van der Waals surface area contributed by atoms with E-state index >= 15 is 0 Å². The van der Waals surface area contributed by atoms with Crippen molar-refractivity contribution in [2.45, 2.75) is 39.7 Å². The van der Waals surface area contributed by atoms with Crippen molar-refractivity contribution in [3.8, 4) is 0 Å².